The first-order chi connectivity index (χ1) is 6.45. The zero-order chi connectivity index (χ0) is 8.93. The van der Waals surface area contributed by atoms with Gasteiger partial charge in [-0.25, -0.2) is 0 Å². The molecule has 0 saturated carbocycles. The second kappa shape index (κ2) is 7.20. The van der Waals surface area contributed by atoms with Crippen LogP contribution in [0.3, 0.4) is 0 Å². The second-order valence-corrected chi connectivity index (χ2v) is 3.73. The Hall–Kier alpha value is 0.880. The molecule has 2 aliphatic rings. The maximum Gasteiger partial charge on any atom is 1.00 e. The van der Waals surface area contributed by atoms with E-state index in [1.54, 1.807) is 0 Å². The molecule has 4 heteroatoms. The molecule has 0 aromatic heterocycles. The van der Waals surface area contributed by atoms with Crippen LogP contribution in [0.2, 0.25) is 0 Å². The molecular formula is C10H19NaO3. The fourth-order valence-electron chi connectivity index (χ4n) is 1.81. The molecule has 2 aliphatic heterocycles. The molecule has 0 bridgehead atoms. The van der Waals surface area contributed by atoms with E-state index in [4.69, 9.17) is 14.2 Å². The van der Waals surface area contributed by atoms with Gasteiger partial charge in [-0.3, -0.25) is 0 Å². The van der Waals surface area contributed by atoms with Crippen LogP contribution in [0.1, 0.15) is 40.0 Å². The van der Waals surface area contributed by atoms with Crippen LogP contribution in [-0.2, 0) is 14.2 Å². The summed E-state index contributed by atoms with van der Waals surface area (Å²) in [5.74, 6) is 0. The summed E-state index contributed by atoms with van der Waals surface area (Å²) in [6, 6.07) is 0. The van der Waals surface area contributed by atoms with Crippen LogP contribution in [0.5, 0.6) is 0 Å². The van der Waals surface area contributed by atoms with Gasteiger partial charge in [0.05, 0.1) is 0 Å². The molecule has 2 fully saturated rings. The summed E-state index contributed by atoms with van der Waals surface area (Å²) in [4.78, 5) is 0. The third kappa shape index (κ3) is 4.17. The minimum Gasteiger partial charge on any atom is -1.00 e. The summed E-state index contributed by atoms with van der Waals surface area (Å²) in [7, 11) is 0. The topological polar surface area (TPSA) is 27.7 Å². The molecule has 2 atom stereocenters. The molecule has 0 spiro atoms. The zero-order valence-electron chi connectivity index (χ0n) is 10.0. The van der Waals surface area contributed by atoms with Gasteiger partial charge in [0.15, 0.2) is 12.6 Å². The van der Waals surface area contributed by atoms with Gasteiger partial charge in [0.2, 0.25) is 0 Å². The molecule has 0 amide bonds. The third-order valence-electron chi connectivity index (χ3n) is 2.58. The van der Waals surface area contributed by atoms with E-state index in [1.165, 1.54) is 25.7 Å². The molecule has 3 nitrogen and oxygen atoms in total. The molecule has 2 heterocycles. The Labute approximate surface area is 109 Å². The normalized spacial score (nSPS) is 33.4. The second-order valence-electron chi connectivity index (χ2n) is 3.73. The monoisotopic (exact) mass is 210 g/mol. The van der Waals surface area contributed by atoms with E-state index in [0.717, 1.165) is 26.1 Å². The predicted molar refractivity (Wildman–Crippen MR) is 49.4 cm³/mol. The van der Waals surface area contributed by atoms with E-state index in [0.29, 0.717) is 0 Å². The summed E-state index contributed by atoms with van der Waals surface area (Å²) in [6.07, 6.45) is 6.83. The predicted octanol–water partition coefficient (Wildman–Crippen LogP) is -0.827. The fourth-order valence-corrected chi connectivity index (χ4v) is 1.81. The van der Waals surface area contributed by atoms with Crippen LogP contribution < -0.4 is 29.6 Å². The molecule has 0 aromatic carbocycles. The van der Waals surface area contributed by atoms with Crippen LogP contribution in [0.4, 0.5) is 0 Å². The van der Waals surface area contributed by atoms with E-state index in [9.17, 15) is 0 Å². The van der Waals surface area contributed by atoms with Gasteiger partial charge in [0.25, 0.3) is 0 Å². The standard InChI is InChI=1S/C10H18O3.Na.H/c1-3-7-11-9(5-1)13-10-6-2-4-8-12-10;;/h9-10H,1-8H2;;/q;+1;-1. The van der Waals surface area contributed by atoms with Crippen LogP contribution in [0.25, 0.3) is 0 Å². The van der Waals surface area contributed by atoms with Gasteiger partial charge in [-0.15, -0.1) is 0 Å². The van der Waals surface area contributed by atoms with Crippen molar-refractivity contribution >= 4 is 0 Å². The molecule has 0 N–H and O–H groups in total. The van der Waals surface area contributed by atoms with Crippen LogP contribution in [-0.4, -0.2) is 25.8 Å². The molecular weight excluding hydrogens is 191 g/mol. The van der Waals surface area contributed by atoms with Gasteiger partial charge in [-0.1, -0.05) is 0 Å². The molecule has 0 radical (unpaired) electrons. The summed E-state index contributed by atoms with van der Waals surface area (Å²) >= 11 is 0. The molecule has 0 aromatic rings. The van der Waals surface area contributed by atoms with Gasteiger partial charge in [-0.05, 0) is 38.5 Å². The van der Waals surface area contributed by atoms with Crippen LogP contribution in [0.15, 0.2) is 0 Å². The molecule has 2 saturated heterocycles. The Balaban J connectivity index is 0.000000980. The number of rotatable bonds is 2. The summed E-state index contributed by atoms with van der Waals surface area (Å²) < 4.78 is 16.6. The molecule has 14 heavy (non-hydrogen) atoms. The Morgan fingerprint density at radius 2 is 1.36 bits per heavy atom. The minimum atomic E-state index is -0.00292. The van der Waals surface area contributed by atoms with Crippen molar-refractivity contribution in [3.63, 3.8) is 0 Å². The van der Waals surface area contributed by atoms with Crippen molar-refractivity contribution in [1.29, 1.82) is 0 Å². The third-order valence-corrected chi connectivity index (χ3v) is 2.58. The van der Waals surface area contributed by atoms with E-state index in [-0.39, 0.29) is 43.6 Å². The first-order valence-corrected chi connectivity index (χ1v) is 5.34. The van der Waals surface area contributed by atoms with Crippen molar-refractivity contribution in [2.75, 3.05) is 13.2 Å². The summed E-state index contributed by atoms with van der Waals surface area (Å²) in [5.41, 5.74) is 0. The zero-order valence-corrected chi connectivity index (χ0v) is 11.0. The Morgan fingerprint density at radius 3 is 1.71 bits per heavy atom. The number of ether oxygens (including phenoxy) is 3. The Bertz CT molecular complexity index is 132. The molecule has 0 aliphatic carbocycles. The SMILES string of the molecule is C1CCC(OC2CCCCO2)OC1.[H-].[Na+]. The average molecular weight is 210 g/mol. The van der Waals surface area contributed by atoms with Crippen molar-refractivity contribution in [3.05, 3.63) is 0 Å². The first-order valence-electron chi connectivity index (χ1n) is 5.34. The van der Waals surface area contributed by atoms with E-state index in [2.05, 4.69) is 0 Å². The van der Waals surface area contributed by atoms with Gasteiger partial charge < -0.3 is 15.6 Å². The number of hydrogen-bond acceptors (Lipinski definition) is 3. The van der Waals surface area contributed by atoms with Gasteiger partial charge in [-0.2, -0.15) is 0 Å². The van der Waals surface area contributed by atoms with E-state index < -0.39 is 0 Å². The van der Waals surface area contributed by atoms with Gasteiger partial charge in [0.1, 0.15) is 0 Å². The van der Waals surface area contributed by atoms with Crippen molar-refractivity contribution in [2.24, 2.45) is 0 Å². The molecule has 78 valence electrons. The maximum absolute atomic E-state index is 5.69. The van der Waals surface area contributed by atoms with E-state index >= 15 is 0 Å². The summed E-state index contributed by atoms with van der Waals surface area (Å²) in [6.45, 7) is 1.69. The maximum atomic E-state index is 5.69. The van der Waals surface area contributed by atoms with Crippen molar-refractivity contribution < 1.29 is 45.2 Å². The quantitative estimate of drug-likeness (QED) is 0.557. The summed E-state index contributed by atoms with van der Waals surface area (Å²) in [5, 5.41) is 0. The smallest absolute Gasteiger partial charge is 1.00 e. The van der Waals surface area contributed by atoms with Gasteiger partial charge >= 0.3 is 29.6 Å². The Kier molecular flexibility index (Phi) is 6.66. The largest absolute Gasteiger partial charge is 1.00 e. The van der Waals surface area contributed by atoms with Crippen LogP contribution >= 0.6 is 0 Å². The molecule has 2 rings (SSSR count). The van der Waals surface area contributed by atoms with Crippen molar-refractivity contribution in [3.8, 4) is 0 Å². The fraction of sp³-hybridized carbons (Fsp3) is 1.00. The van der Waals surface area contributed by atoms with Crippen molar-refractivity contribution in [2.45, 2.75) is 51.1 Å². The average Bonchev–Trinajstić information content (AvgIpc) is 2.21. The Morgan fingerprint density at radius 1 is 0.857 bits per heavy atom. The van der Waals surface area contributed by atoms with E-state index in [1.807, 2.05) is 0 Å². The van der Waals surface area contributed by atoms with Crippen molar-refractivity contribution in [1.82, 2.24) is 0 Å². The minimum absolute atomic E-state index is 0. The van der Waals surface area contributed by atoms with Gasteiger partial charge in [0, 0.05) is 13.2 Å². The number of hydrogen-bond donors (Lipinski definition) is 0. The molecule has 2 unspecified atom stereocenters. The first kappa shape index (κ1) is 12.9. The van der Waals surface area contributed by atoms with Crippen LogP contribution in [0, 0.1) is 0 Å².